The normalized spacial score (nSPS) is 13.8. The van der Waals surface area contributed by atoms with E-state index < -0.39 is 0 Å². The third-order valence-corrected chi connectivity index (χ3v) is 4.86. The lowest BCUT2D eigenvalue weighted by molar-refractivity contribution is 0.197. The number of amides is 2. The van der Waals surface area contributed by atoms with Crippen LogP contribution in [0.4, 0.5) is 4.79 Å². The van der Waals surface area contributed by atoms with Crippen LogP contribution in [-0.4, -0.2) is 48.9 Å². The Morgan fingerprint density at radius 3 is 3.00 bits per heavy atom. The summed E-state index contributed by atoms with van der Waals surface area (Å²) >= 11 is 0. The second-order valence-corrected chi connectivity index (χ2v) is 6.76. The molecular formula is C19H23N7O2. The van der Waals surface area contributed by atoms with Crippen molar-refractivity contribution < 1.29 is 9.32 Å². The molecule has 1 aliphatic heterocycles. The number of carbonyl (C=O) groups is 1. The van der Waals surface area contributed by atoms with Crippen molar-refractivity contribution in [2.24, 2.45) is 0 Å². The Morgan fingerprint density at radius 1 is 1.29 bits per heavy atom. The number of aryl methyl sites for hydroxylation is 1. The van der Waals surface area contributed by atoms with Gasteiger partial charge in [0.05, 0.1) is 12.2 Å². The Balaban J connectivity index is 1.35. The van der Waals surface area contributed by atoms with E-state index in [0.29, 0.717) is 44.8 Å². The standard InChI is InChI=1S/C19H23N7O2/c1-2-15-11-16(28-24-15)13-21-19(27)25-7-5-17-22-23-18(26(17)9-8-25)10-14-4-3-6-20-12-14/h3-4,6,11-12H,2,5,7-10,13H2,1H3,(H,21,27). The zero-order chi connectivity index (χ0) is 19.3. The van der Waals surface area contributed by atoms with Gasteiger partial charge in [0.25, 0.3) is 0 Å². The zero-order valence-electron chi connectivity index (χ0n) is 15.8. The molecule has 9 nitrogen and oxygen atoms in total. The van der Waals surface area contributed by atoms with Gasteiger partial charge in [-0.3, -0.25) is 4.98 Å². The number of rotatable bonds is 5. The van der Waals surface area contributed by atoms with Crippen LogP contribution in [0.15, 0.2) is 35.1 Å². The second kappa shape index (κ2) is 8.20. The SMILES string of the molecule is CCc1cc(CNC(=O)N2CCc3nnc(Cc4cccnc4)n3CC2)on1. The molecule has 0 fully saturated rings. The van der Waals surface area contributed by atoms with E-state index in [2.05, 4.69) is 30.2 Å². The first kappa shape index (κ1) is 18.1. The van der Waals surface area contributed by atoms with Gasteiger partial charge in [-0.05, 0) is 18.1 Å². The van der Waals surface area contributed by atoms with E-state index in [1.54, 1.807) is 11.1 Å². The van der Waals surface area contributed by atoms with Crippen molar-refractivity contribution in [1.29, 1.82) is 0 Å². The highest BCUT2D eigenvalue weighted by atomic mass is 16.5. The number of nitrogens with one attached hydrogen (secondary N) is 1. The summed E-state index contributed by atoms with van der Waals surface area (Å²) in [6, 6.07) is 5.70. The first-order chi connectivity index (χ1) is 13.7. The largest absolute Gasteiger partial charge is 0.359 e. The Kier molecular flexibility index (Phi) is 5.31. The van der Waals surface area contributed by atoms with E-state index in [1.165, 1.54) is 0 Å². The summed E-state index contributed by atoms with van der Waals surface area (Å²) in [5.74, 6) is 2.48. The van der Waals surface area contributed by atoms with Crippen molar-refractivity contribution in [2.75, 3.05) is 13.1 Å². The van der Waals surface area contributed by atoms with Crippen LogP contribution in [0.3, 0.4) is 0 Å². The van der Waals surface area contributed by atoms with Gasteiger partial charge in [0, 0.05) is 50.9 Å². The quantitative estimate of drug-likeness (QED) is 0.720. The maximum absolute atomic E-state index is 12.5. The van der Waals surface area contributed by atoms with Gasteiger partial charge in [-0.2, -0.15) is 0 Å². The molecule has 1 N–H and O–H groups in total. The number of carbonyl (C=O) groups excluding carboxylic acids is 1. The number of aromatic nitrogens is 5. The number of hydrogen-bond donors (Lipinski definition) is 1. The van der Waals surface area contributed by atoms with E-state index in [-0.39, 0.29) is 6.03 Å². The van der Waals surface area contributed by atoms with Crippen LogP contribution in [0.5, 0.6) is 0 Å². The molecule has 0 saturated carbocycles. The lowest BCUT2D eigenvalue weighted by atomic mass is 10.2. The minimum absolute atomic E-state index is 0.109. The number of urea groups is 1. The average molecular weight is 381 g/mol. The Bertz CT molecular complexity index is 935. The van der Waals surface area contributed by atoms with Crippen molar-refractivity contribution in [3.8, 4) is 0 Å². The smallest absolute Gasteiger partial charge is 0.317 e. The lowest BCUT2D eigenvalue weighted by Crippen LogP contribution is -2.41. The van der Waals surface area contributed by atoms with Crippen LogP contribution in [0.25, 0.3) is 0 Å². The van der Waals surface area contributed by atoms with Crippen molar-refractivity contribution in [3.63, 3.8) is 0 Å². The van der Waals surface area contributed by atoms with E-state index in [0.717, 1.165) is 29.3 Å². The van der Waals surface area contributed by atoms with E-state index in [4.69, 9.17) is 4.52 Å². The maximum atomic E-state index is 12.5. The molecule has 4 heterocycles. The molecule has 1 aliphatic rings. The van der Waals surface area contributed by atoms with Gasteiger partial charge in [0.1, 0.15) is 11.6 Å². The number of fused-ring (bicyclic) bond motifs is 1. The predicted molar refractivity (Wildman–Crippen MR) is 100 cm³/mol. The molecule has 0 aliphatic carbocycles. The minimum Gasteiger partial charge on any atom is -0.359 e. The van der Waals surface area contributed by atoms with Crippen LogP contribution in [-0.2, 0) is 32.4 Å². The third kappa shape index (κ3) is 4.03. The fraction of sp³-hybridized carbons (Fsp3) is 0.421. The molecular weight excluding hydrogens is 358 g/mol. The van der Waals surface area contributed by atoms with E-state index in [9.17, 15) is 4.79 Å². The molecule has 0 atom stereocenters. The highest BCUT2D eigenvalue weighted by Gasteiger charge is 2.22. The molecule has 0 radical (unpaired) electrons. The molecule has 0 saturated heterocycles. The van der Waals surface area contributed by atoms with Crippen molar-refractivity contribution in [2.45, 2.75) is 39.3 Å². The van der Waals surface area contributed by atoms with Crippen molar-refractivity contribution in [3.05, 3.63) is 59.3 Å². The minimum atomic E-state index is -0.109. The van der Waals surface area contributed by atoms with Gasteiger partial charge in [0.15, 0.2) is 5.76 Å². The lowest BCUT2D eigenvalue weighted by Gasteiger charge is -2.20. The fourth-order valence-electron chi connectivity index (χ4n) is 3.28. The first-order valence-corrected chi connectivity index (χ1v) is 9.50. The Morgan fingerprint density at radius 2 is 2.21 bits per heavy atom. The summed E-state index contributed by atoms with van der Waals surface area (Å²) in [6.07, 6.45) is 5.76. The summed E-state index contributed by atoms with van der Waals surface area (Å²) < 4.78 is 7.33. The Labute approximate surface area is 162 Å². The molecule has 2 amide bonds. The fourth-order valence-corrected chi connectivity index (χ4v) is 3.28. The molecule has 146 valence electrons. The molecule has 0 unspecified atom stereocenters. The summed E-state index contributed by atoms with van der Waals surface area (Å²) in [6.45, 7) is 4.23. The van der Waals surface area contributed by atoms with Crippen LogP contribution < -0.4 is 5.32 Å². The number of pyridine rings is 1. The van der Waals surface area contributed by atoms with Gasteiger partial charge in [0.2, 0.25) is 0 Å². The monoisotopic (exact) mass is 381 g/mol. The third-order valence-electron chi connectivity index (χ3n) is 4.86. The average Bonchev–Trinajstić information content (AvgIpc) is 3.28. The van der Waals surface area contributed by atoms with Gasteiger partial charge < -0.3 is 19.3 Å². The number of hydrogen-bond acceptors (Lipinski definition) is 6. The molecule has 28 heavy (non-hydrogen) atoms. The zero-order valence-corrected chi connectivity index (χ0v) is 15.8. The molecule has 3 aromatic heterocycles. The number of nitrogens with zero attached hydrogens (tertiary/aromatic N) is 6. The van der Waals surface area contributed by atoms with Crippen molar-refractivity contribution >= 4 is 6.03 Å². The van der Waals surface area contributed by atoms with Gasteiger partial charge in [-0.25, -0.2) is 4.79 Å². The molecule has 0 bridgehead atoms. The van der Waals surface area contributed by atoms with Crippen LogP contribution in [0.2, 0.25) is 0 Å². The topological polar surface area (TPSA) is 102 Å². The van der Waals surface area contributed by atoms with E-state index in [1.807, 2.05) is 31.3 Å². The summed E-state index contributed by atoms with van der Waals surface area (Å²) in [7, 11) is 0. The second-order valence-electron chi connectivity index (χ2n) is 6.76. The molecule has 4 rings (SSSR count). The summed E-state index contributed by atoms with van der Waals surface area (Å²) in [4.78, 5) is 18.5. The van der Waals surface area contributed by atoms with E-state index >= 15 is 0 Å². The van der Waals surface area contributed by atoms with Crippen LogP contribution in [0, 0.1) is 0 Å². The predicted octanol–water partition coefficient (Wildman–Crippen LogP) is 1.58. The maximum Gasteiger partial charge on any atom is 0.317 e. The molecule has 3 aromatic rings. The Hall–Kier alpha value is -3.23. The first-order valence-electron chi connectivity index (χ1n) is 9.50. The van der Waals surface area contributed by atoms with Crippen LogP contribution in [0.1, 0.15) is 35.6 Å². The summed E-state index contributed by atoms with van der Waals surface area (Å²) in [5.41, 5.74) is 1.98. The van der Waals surface area contributed by atoms with Gasteiger partial charge in [-0.15, -0.1) is 10.2 Å². The van der Waals surface area contributed by atoms with Gasteiger partial charge >= 0.3 is 6.03 Å². The van der Waals surface area contributed by atoms with Crippen molar-refractivity contribution in [1.82, 2.24) is 35.1 Å². The van der Waals surface area contributed by atoms with Gasteiger partial charge in [-0.1, -0.05) is 18.1 Å². The highest BCUT2D eigenvalue weighted by molar-refractivity contribution is 5.74. The molecule has 9 heteroatoms. The molecule has 0 aromatic carbocycles. The molecule has 0 spiro atoms. The highest BCUT2D eigenvalue weighted by Crippen LogP contribution is 2.13. The van der Waals surface area contributed by atoms with Crippen LogP contribution >= 0.6 is 0 Å². The summed E-state index contributed by atoms with van der Waals surface area (Å²) in [5, 5.41) is 15.5.